The minimum Gasteiger partial charge on any atom is -0.494 e. The second kappa shape index (κ2) is 5.02. The van der Waals surface area contributed by atoms with Crippen LogP contribution in [0.3, 0.4) is 0 Å². The fourth-order valence-electron chi connectivity index (χ4n) is 2.52. The summed E-state index contributed by atoms with van der Waals surface area (Å²) < 4.78 is 5.55. The summed E-state index contributed by atoms with van der Waals surface area (Å²) in [4.78, 5) is 0. The monoisotopic (exact) mass is 263 g/mol. The molecule has 20 heavy (non-hydrogen) atoms. The summed E-state index contributed by atoms with van der Waals surface area (Å²) >= 11 is 0. The summed E-state index contributed by atoms with van der Waals surface area (Å²) in [6.45, 7) is 2.65. The molecule has 3 rings (SSSR count). The third-order valence-electron chi connectivity index (χ3n) is 3.86. The van der Waals surface area contributed by atoms with Crippen molar-refractivity contribution < 1.29 is 4.74 Å². The summed E-state index contributed by atoms with van der Waals surface area (Å²) in [5, 5.41) is 9.32. The molecule has 0 spiro atoms. The van der Waals surface area contributed by atoms with Gasteiger partial charge in [0.05, 0.1) is 18.1 Å². The molecular formula is C18H17NO. The topological polar surface area (TPSA) is 33.0 Å². The maximum Gasteiger partial charge on any atom is 0.119 e. The van der Waals surface area contributed by atoms with Crippen molar-refractivity contribution in [1.29, 1.82) is 5.26 Å². The zero-order valence-corrected chi connectivity index (χ0v) is 11.6. The molecule has 1 saturated carbocycles. The van der Waals surface area contributed by atoms with Gasteiger partial charge in [-0.2, -0.15) is 5.26 Å². The van der Waals surface area contributed by atoms with Crippen molar-refractivity contribution >= 4 is 0 Å². The molecule has 100 valence electrons. The number of nitrogens with zero attached hydrogens (tertiary/aromatic N) is 1. The molecule has 2 nitrogen and oxygen atoms in total. The quantitative estimate of drug-likeness (QED) is 0.823. The van der Waals surface area contributed by atoms with Gasteiger partial charge in [-0.05, 0) is 54.7 Å². The minimum atomic E-state index is -0.229. The Kier molecular flexibility index (Phi) is 3.20. The van der Waals surface area contributed by atoms with Crippen LogP contribution in [0, 0.1) is 11.3 Å². The van der Waals surface area contributed by atoms with Crippen molar-refractivity contribution in [3.63, 3.8) is 0 Å². The molecule has 1 fully saturated rings. The average molecular weight is 263 g/mol. The van der Waals surface area contributed by atoms with Gasteiger partial charge in [-0.25, -0.2) is 0 Å². The molecule has 1 aliphatic carbocycles. The first kappa shape index (κ1) is 12.7. The molecular weight excluding hydrogens is 246 g/mol. The van der Waals surface area contributed by atoms with E-state index < -0.39 is 0 Å². The van der Waals surface area contributed by atoms with E-state index in [1.54, 1.807) is 0 Å². The van der Waals surface area contributed by atoms with Gasteiger partial charge in [0.15, 0.2) is 0 Å². The van der Waals surface area contributed by atoms with Crippen LogP contribution in [0.25, 0.3) is 11.1 Å². The maximum atomic E-state index is 9.32. The van der Waals surface area contributed by atoms with Gasteiger partial charge < -0.3 is 4.74 Å². The van der Waals surface area contributed by atoms with Crippen LogP contribution in [0.15, 0.2) is 48.5 Å². The molecule has 2 heteroatoms. The number of hydrogen-bond donors (Lipinski definition) is 0. The first-order chi connectivity index (χ1) is 9.77. The van der Waals surface area contributed by atoms with Crippen LogP contribution in [0.1, 0.15) is 25.3 Å². The lowest BCUT2D eigenvalue weighted by Gasteiger charge is -2.10. The molecule has 2 aromatic carbocycles. The molecule has 0 unspecified atom stereocenters. The molecule has 0 saturated heterocycles. The number of ether oxygens (including phenoxy) is 1. The Balaban J connectivity index is 1.97. The Morgan fingerprint density at radius 2 is 1.80 bits per heavy atom. The second-order valence-corrected chi connectivity index (χ2v) is 5.24. The lowest BCUT2D eigenvalue weighted by atomic mass is 9.94. The van der Waals surface area contributed by atoms with Crippen molar-refractivity contribution in [1.82, 2.24) is 0 Å². The van der Waals surface area contributed by atoms with E-state index in [-0.39, 0.29) is 5.41 Å². The lowest BCUT2D eigenvalue weighted by Crippen LogP contribution is -2.02. The first-order valence-corrected chi connectivity index (χ1v) is 7.02. The van der Waals surface area contributed by atoms with Crippen molar-refractivity contribution in [3.05, 3.63) is 54.1 Å². The van der Waals surface area contributed by atoms with Crippen LogP contribution >= 0.6 is 0 Å². The molecule has 0 radical (unpaired) electrons. The van der Waals surface area contributed by atoms with E-state index >= 15 is 0 Å². The SMILES string of the molecule is CCOc1cccc(-c2cccc(C3(C#N)CC3)c2)c1. The number of nitriles is 1. The first-order valence-electron chi connectivity index (χ1n) is 7.02. The Morgan fingerprint density at radius 3 is 2.45 bits per heavy atom. The van der Waals surface area contributed by atoms with E-state index in [2.05, 4.69) is 36.4 Å². The minimum absolute atomic E-state index is 0.229. The summed E-state index contributed by atoms with van der Waals surface area (Å²) in [7, 11) is 0. The number of rotatable bonds is 4. The van der Waals surface area contributed by atoms with Gasteiger partial charge in [0.1, 0.15) is 5.75 Å². The molecule has 0 aromatic heterocycles. The molecule has 0 amide bonds. The Bertz CT molecular complexity index is 665. The van der Waals surface area contributed by atoms with Gasteiger partial charge in [0, 0.05) is 0 Å². The molecule has 0 atom stereocenters. The van der Waals surface area contributed by atoms with Gasteiger partial charge in [0.25, 0.3) is 0 Å². The Hall–Kier alpha value is -2.27. The highest BCUT2D eigenvalue weighted by Crippen LogP contribution is 2.48. The van der Waals surface area contributed by atoms with Gasteiger partial charge in [-0.3, -0.25) is 0 Å². The van der Waals surface area contributed by atoms with Crippen molar-refractivity contribution in [2.45, 2.75) is 25.2 Å². The molecule has 1 aliphatic rings. The third kappa shape index (κ3) is 2.28. The molecule has 0 heterocycles. The predicted molar refractivity (Wildman–Crippen MR) is 79.6 cm³/mol. The summed E-state index contributed by atoms with van der Waals surface area (Å²) in [6.07, 6.45) is 1.96. The molecule has 0 bridgehead atoms. The van der Waals surface area contributed by atoms with Crippen LogP contribution in [0.4, 0.5) is 0 Å². The van der Waals surface area contributed by atoms with Crippen LogP contribution < -0.4 is 4.74 Å². The van der Waals surface area contributed by atoms with Gasteiger partial charge >= 0.3 is 0 Å². The normalized spacial score (nSPS) is 15.4. The van der Waals surface area contributed by atoms with E-state index in [0.29, 0.717) is 6.61 Å². The van der Waals surface area contributed by atoms with Crippen LogP contribution in [0.2, 0.25) is 0 Å². The number of benzene rings is 2. The standard InChI is InChI=1S/C18H17NO/c1-2-20-17-8-4-6-15(12-17)14-5-3-7-16(11-14)18(13-19)9-10-18/h3-8,11-12H,2,9-10H2,1H3. The van der Waals surface area contributed by atoms with Gasteiger partial charge in [0.2, 0.25) is 0 Å². The van der Waals surface area contributed by atoms with E-state index in [9.17, 15) is 5.26 Å². The summed E-state index contributed by atoms with van der Waals surface area (Å²) in [6, 6.07) is 18.9. The zero-order chi connectivity index (χ0) is 14.0. The number of hydrogen-bond acceptors (Lipinski definition) is 2. The van der Waals surface area contributed by atoms with Crippen LogP contribution in [0.5, 0.6) is 5.75 Å². The predicted octanol–water partition coefficient (Wildman–Crippen LogP) is 4.31. The highest BCUT2D eigenvalue weighted by Gasteiger charge is 2.44. The van der Waals surface area contributed by atoms with Crippen molar-refractivity contribution in [3.8, 4) is 22.9 Å². The fourth-order valence-corrected chi connectivity index (χ4v) is 2.52. The second-order valence-electron chi connectivity index (χ2n) is 5.24. The maximum absolute atomic E-state index is 9.32. The summed E-state index contributed by atoms with van der Waals surface area (Å²) in [5.41, 5.74) is 3.18. The van der Waals surface area contributed by atoms with Crippen LogP contribution in [-0.4, -0.2) is 6.61 Å². The van der Waals surface area contributed by atoms with E-state index in [0.717, 1.165) is 35.3 Å². The van der Waals surface area contributed by atoms with Gasteiger partial charge in [-0.1, -0.05) is 30.3 Å². The molecule has 0 N–H and O–H groups in total. The van der Waals surface area contributed by atoms with Gasteiger partial charge in [-0.15, -0.1) is 0 Å². The molecule has 0 aliphatic heterocycles. The Morgan fingerprint density at radius 1 is 1.10 bits per heavy atom. The molecule has 2 aromatic rings. The largest absolute Gasteiger partial charge is 0.494 e. The smallest absolute Gasteiger partial charge is 0.119 e. The lowest BCUT2D eigenvalue weighted by molar-refractivity contribution is 0.340. The third-order valence-corrected chi connectivity index (χ3v) is 3.86. The van der Waals surface area contributed by atoms with E-state index in [4.69, 9.17) is 4.74 Å². The highest BCUT2D eigenvalue weighted by molar-refractivity contribution is 5.66. The van der Waals surface area contributed by atoms with E-state index in [1.165, 1.54) is 0 Å². The highest BCUT2D eigenvalue weighted by atomic mass is 16.5. The van der Waals surface area contributed by atoms with E-state index in [1.807, 2.05) is 25.1 Å². The van der Waals surface area contributed by atoms with Crippen molar-refractivity contribution in [2.24, 2.45) is 0 Å². The van der Waals surface area contributed by atoms with Crippen molar-refractivity contribution in [2.75, 3.05) is 6.61 Å². The summed E-state index contributed by atoms with van der Waals surface area (Å²) in [5.74, 6) is 0.886. The average Bonchev–Trinajstić information content (AvgIpc) is 3.29. The Labute approximate surface area is 119 Å². The zero-order valence-electron chi connectivity index (χ0n) is 11.6. The fraction of sp³-hybridized carbons (Fsp3) is 0.278. The van der Waals surface area contributed by atoms with Crippen LogP contribution in [-0.2, 0) is 5.41 Å².